The van der Waals surface area contributed by atoms with E-state index in [0.29, 0.717) is 0 Å². The first kappa shape index (κ1) is 14.7. The van der Waals surface area contributed by atoms with Crippen molar-refractivity contribution in [2.45, 2.75) is 40.3 Å². The van der Waals surface area contributed by atoms with Gasteiger partial charge in [-0.25, -0.2) is 0 Å². The minimum absolute atomic E-state index is 0.182. The van der Waals surface area contributed by atoms with Gasteiger partial charge in [0.05, 0.1) is 0 Å². The van der Waals surface area contributed by atoms with Crippen LogP contribution in [0.3, 0.4) is 0 Å². The van der Waals surface area contributed by atoms with E-state index in [1.807, 2.05) is 39.1 Å². The van der Waals surface area contributed by atoms with Crippen LogP contribution in [0.1, 0.15) is 34.1 Å². The number of nitrogens with zero attached hydrogens (tertiary/aromatic N) is 2. The molecule has 1 unspecified atom stereocenters. The molecule has 0 saturated heterocycles. The number of likely N-dealkylation sites (N-methyl/N-ethyl adjacent to an activating group) is 1. The molecule has 0 aromatic carbocycles. The summed E-state index contributed by atoms with van der Waals surface area (Å²) < 4.78 is 0. The highest BCUT2D eigenvalue weighted by molar-refractivity contribution is 5.72. The van der Waals surface area contributed by atoms with Gasteiger partial charge >= 0.3 is 0 Å². The highest BCUT2D eigenvalue weighted by atomic mass is 15.2. The molecule has 0 spiro atoms. The van der Waals surface area contributed by atoms with Gasteiger partial charge in [0.2, 0.25) is 0 Å². The van der Waals surface area contributed by atoms with Gasteiger partial charge in [0.25, 0.3) is 0 Å². The number of hydrogen-bond acceptors (Lipinski definition) is 2. The van der Waals surface area contributed by atoms with Crippen molar-refractivity contribution in [1.29, 1.82) is 0 Å². The fraction of sp³-hybridized carbons (Fsp3) is 0.500. The summed E-state index contributed by atoms with van der Waals surface area (Å²) in [7, 11) is 2.05. The van der Waals surface area contributed by atoms with E-state index in [0.717, 1.165) is 6.42 Å². The maximum atomic E-state index is 4.45. The van der Waals surface area contributed by atoms with Gasteiger partial charge in [0.15, 0.2) is 0 Å². The second-order valence-electron chi connectivity index (χ2n) is 3.30. The lowest BCUT2D eigenvalue weighted by Crippen LogP contribution is -2.29. The Morgan fingerprint density at radius 2 is 2.12 bits per heavy atom. The second kappa shape index (κ2) is 8.96. The van der Waals surface area contributed by atoms with Crippen molar-refractivity contribution in [2.24, 2.45) is 4.99 Å². The summed E-state index contributed by atoms with van der Waals surface area (Å²) in [5.74, 6) is 0. The molecule has 0 saturated carbocycles. The zero-order valence-corrected chi connectivity index (χ0v) is 11.1. The Hall–Kier alpha value is -1.31. The largest absolute Gasteiger partial charge is 0.356 e. The van der Waals surface area contributed by atoms with Crippen molar-refractivity contribution in [3.8, 4) is 0 Å². The number of aliphatic imine (C=N–C) groups is 1. The third kappa shape index (κ3) is 4.47. The first-order valence-electron chi connectivity index (χ1n) is 6.03. The molecule has 1 heterocycles. The fourth-order valence-electron chi connectivity index (χ4n) is 1.46. The minimum Gasteiger partial charge on any atom is -0.356 e. The van der Waals surface area contributed by atoms with E-state index in [4.69, 9.17) is 0 Å². The molecular formula is C14H24N2. The molecule has 0 aromatic rings. The van der Waals surface area contributed by atoms with Crippen LogP contribution in [0.15, 0.2) is 41.1 Å². The second-order valence-corrected chi connectivity index (χ2v) is 3.30. The van der Waals surface area contributed by atoms with E-state index in [1.54, 1.807) is 0 Å². The van der Waals surface area contributed by atoms with E-state index >= 15 is 0 Å². The molecule has 2 heteroatoms. The van der Waals surface area contributed by atoms with E-state index in [1.165, 1.54) is 5.57 Å². The Morgan fingerprint density at radius 3 is 2.62 bits per heavy atom. The van der Waals surface area contributed by atoms with Crippen LogP contribution in [0.2, 0.25) is 0 Å². The van der Waals surface area contributed by atoms with Crippen LogP contribution < -0.4 is 0 Å². The van der Waals surface area contributed by atoms with Crippen molar-refractivity contribution < 1.29 is 0 Å². The summed E-state index contributed by atoms with van der Waals surface area (Å²) in [6, 6.07) is 0. The zero-order valence-electron chi connectivity index (χ0n) is 11.1. The van der Waals surface area contributed by atoms with Gasteiger partial charge in [-0.05, 0) is 25.0 Å². The van der Waals surface area contributed by atoms with Crippen molar-refractivity contribution in [3.05, 3.63) is 36.1 Å². The van der Waals surface area contributed by atoms with Gasteiger partial charge in [0, 0.05) is 19.5 Å². The lowest BCUT2D eigenvalue weighted by molar-refractivity contribution is 0.372. The monoisotopic (exact) mass is 220 g/mol. The zero-order chi connectivity index (χ0) is 12.4. The molecule has 1 rings (SSSR count). The van der Waals surface area contributed by atoms with Crippen LogP contribution in [0.25, 0.3) is 0 Å². The first-order chi connectivity index (χ1) is 7.79. The van der Waals surface area contributed by atoms with E-state index < -0.39 is 0 Å². The molecule has 0 fully saturated rings. The Balaban J connectivity index is 0.00000106. The van der Waals surface area contributed by atoms with Gasteiger partial charge in [-0.3, -0.25) is 4.99 Å². The summed E-state index contributed by atoms with van der Waals surface area (Å²) >= 11 is 0. The topological polar surface area (TPSA) is 15.6 Å². The molecular weight excluding hydrogens is 196 g/mol. The van der Waals surface area contributed by atoms with Crippen molar-refractivity contribution in [3.63, 3.8) is 0 Å². The highest BCUT2D eigenvalue weighted by Gasteiger charge is 2.14. The summed E-state index contributed by atoms with van der Waals surface area (Å²) in [6.07, 6.45) is 13.3. The third-order valence-corrected chi connectivity index (χ3v) is 2.26. The van der Waals surface area contributed by atoms with Gasteiger partial charge in [-0.15, -0.1) is 0 Å². The molecule has 0 amide bonds. The molecule has 90 valence electrons. The SMILES string of the molecule is C/C=C\C=C(/CC)C1N=CC=CN1C.CC. The average Bonchev–Trinajstić information content (AvgIpc) is 2.35. The highest BCUT2D eigenvalue weighted by Crippen LogP contribution is 2.16. The molecule has 0 N–H and O–H groups in total. The Labute approximate surface area is 100 Å². The Morgan fingerprint density at radius 1 is 1.44 bits per heavy atom. The van der Waals surface area contributed by atoms with Crippen LogP contribution >= 0.6 is 0 Å². The first-order valence-corrected chi connectivity index (χ1v) is 6.03. The molecule has 1 aliphatic heterocycles. The maximum absolute atomic E-state index is 4.45. The third-order valence-electron chi connectivity index (χ3n) is 2.26. The van der Waals surface area contributed by atoms with Crippen LogP contribution in [0, 0.1) is 0 Å². The van der Waals surface area contributed by atoms with Crippen LogP contribution in [-0.4, -0.2) is 24.3 Å². The molecule has 16 heavy (non-hydrogen) atoms. The van der Waals surface area contributed by atoms with Gasteiger partial charge in [-0.1, -0.05) is 39.0 Å². The minimum atomic E-state index is 0.182. The van der Waals surface area contributed by atoms with E-state index in [2.05, 4.69) is 42.2 Å². The normalized spacial score (nSPS) is 19.9. The molecule has 0 bridgehead atoms. The standard InChI is InChI=1S/C12H18N2.C2H6/c1-4-6-8-11(5-2)12-13-9-7-10-14(12)3;1-2/h4,6-10,12H,5H2,1-3H3;1-2H3/b6-4-,11-8+;. The number of rotatable bonds is 3. The van der Waals surface area contributed by atoms with Crippen molar-refractivity contribution >= 4 is 6.21 Å². The molecule has 1 aliphatic rings. The molecule has 2 nitrogen and oxygen atoms in total. The van der Waals surface area contributed by atoms with Crippen LogP contribution in [0.5, 0.6) is 0 Å². The predicted octanol–water partition coefficient (Wildman–Crippen LogP) is 3.78. The van der Waals surface area contributed by atoms with E-state index in [9.17, 15) is 0 Å². The van der Waals surface area contributed by atoms with Crippen molar-refractivity contribution in [2.75, 3.05) is 7.05 Å². The van der Waals surface area contributed by atoms with E-state index in [-0.39, 0.29) is 6.17 Å². The van der Waals surface area contributed by atoms with Crippen LogP contribution in [-0.2, 0) is 0 Å². The Kier molecular flexibility index (Phi) is 8.22. The quantitative estimate of drug-likeness (QED) is 0.661. The summed E-state index contributed by atoms with van der Waals surface area (Å²) in [4.78, 5) is 6.57. The summed E-state index contributed by atoms with van der Waals surface area (Å²) in [5.41, 5.74) is 1.34. The average molecular weight is 220 g/mol. The predicted molar refractivity (Wildman–Crippen MR) is 73.7 cm³/mol. The summed E-state index contributed by atoms with van der Waals surface area (Å²) in [6.45, 7) is 8.19. The molecule has 0 radical (unpaired) electrons. The van der Waals surface area contributed by atoms with Gasteiger partial charge < -0.3 is 4.90 Å². The van der Waals surface area contributed by atoms with Crippen molar-refractivity contribution in [1.82, 2.24) is 4.90 Å². The smallest absolute Gasteiger partial charge is 0.142 e. The van der Waals surface area contributed by atoms with Gasteiger partial charge in [0.1, 0.15) is 6.17 Å². The lowest BCUT2D eigenvalue weighted by Gasteiger charge is -2.27. The number of allylic oxidation sites excluding steroid dienone is 4. The summed E-state index contributed by atoms with van der Waals surface area (Å²) in [5, 5.41) is 0. The fourth-order valence-corrected chi connectivity index (χ4v) is 1.46. The molecule has 0 aromatic heterocycles. The van der Waals surface area contributed by atoms with Crippen LogP contribution in [0.4, 0.5) is 0 Å². The molecule has 0 aliphatic carbocycles. The van der Waals surface area contributed by atoms with Gasteiger partial charge in [-0.2, -0.15) is 0 Å². The Bertz CT molecular complexity index is 285. The lowest BCUT2D eigenvalue weighted by atomic mass is 10.1. The maximum Gasteiger partial charge on any atom is 0.142 e. The molecule has 1 atom stereocenters. The number of hydrogen-bond donors (Lipinski definition) is 0.